The van der Waals surface area contributed by atoms with Crippen LogP contribution in [0.5, 0.6) is 0 Å². The van der Waals surface area contributed by atoms with Crippen LogP contribution in [0.15, 0.2) is 0 Å². The van der Waals surface area contributed by atoms with Gasteiger partial charge in [0.25, 0.3) is 0 Å². The van der Waals surface area contributed by atoms with Gasteiger partial charge in [0.05, 0.1) is 5.60 Å². The van der Waals surface area contributed by atoms with Gasteiger partial charge in [-0.05, 0) is 38.6 Å². The lowest BCUT2D eigenvalue weighted by Gasteiger charge is -2.44. The van der Waals surface area contributed by atoms with E-state index in [9.17, 15) is 0 Å². The first-order valence-electron chi connectivity index (χ1n) is 8.09. The van der Waals surface area contributed by atoms with Crippen molar-refractivity contribution in [1.82, 2.24) is 5.32 Å². The second kappa shape index (κ2) is 8.93. The predicted molar refractivity (Wildman–Crippen MR) is 80.6 cm³/mol. The van der Waals surface area contributed by atoms with E-state index in [1.165, 1.54) is 19.3 Å². The molecule has 0 aromatic heterocycles. The number of ether oxygens (including phenoxy) is 2. The van der Waals surface area contributed by atoms with Gasteiger partial charge in [0, 0.05) is 38.7 Å². The van der Waals surface area contributed by atoms with Crippen molar-refractivity contribution in [2.75, 3.05) is 26.4 Å². The highest BCUT2D eigenvalue weighted by Crippen LogP contribution is 2.32. The van der Waals surface area contributed by atoms with E-state index in [4.69, 9.17) is 9.47 Å². The molecule has 1 N–H and O–H groups in total. The Kier molecular flexibility index (Phi) is 7.96. The van der Waals surface area contributed by atoms with Crippen molar-refractivity contribution in [2.24, 2.45) is 5.92 Å². The van der Waals surface area contributed by atoms with Gasteiger partial charge >= 0.3 is 0 Å². The molecule has 3 heteroatoms. The smallest absolute Gasteiger partial charge is 0.0878 e. The third-order valence-electron chi connectivity index (χ3n) is 4.08. The molecule has 0 aliphatic carbocycles. The maximum atomic E-state index is 6.22. The SMILES string of the molecule is CCCNC(CCC(C)C)C1(OCC)CCOCC1. The van der Waals surface area contributed by atoms with E-state index >= 15 is 0 Å². The molecule has 1 atom stereocenters. The lowest BCUT2D eigenvalue weighted by Crippen LogP contribution is -2.55. The number of nitrogens with one attached hydrogen (secondary N) is 1. The molecule has 1 fully saturated rings. The largest absolute Gasteiger partial charge is 0.381 e. The molecule has 3 nitrogen and oxygen atoms in total. The van der Waals surface area contributed by atoms with Crippen LogP contribution in [0.2, 0.25) is 0 Å². The Labute approximate surface area is 119 Å². The van der Waals surface area contributed by atoms with E-state index in [0.717, 1.165) is 45.1 Å². The molecule has 1 saturated heterocycles. The summed E-state index contributed by atoms with van der Waals surface area (Å²) in [5, 5.41) is 3.74. The summed E-state index contributed by atoms with van der Waals surface area (Å²) in [4.78, 5) is 0. The zero-order valence-electron chi connectivity index (χ0n) is 13.3. The first kappa shape index (κ1) is 16.9. The van der Waals surface area contributed by atoms with Gasteiger partial charge in [-0.3, -0.25) is 0 Å². The molecule has 0 radical (unpaired) electrons. The molecule has 1 aliphatic heterocycles. The monoisotopic (exact) mass is 271 g/mol. The van der Waals surface area contributed by atoms with E-state index in [1.807, 2.05) is 0 Å². The van der Waals surface area contributed by atoms with Gasteiger partial charge in [0.15, 0.2) is 0 Å². The Morgan fingerprint density at radius 1 is 1.16 bits per heavy atom. The summed E-state index contributed by atoms with van der Waals surface area (Å²) < 4.78 is 11.8. The maximum absolute atomic E-state index is 6.22. The van der Waals surface area contributed by atoms with Crippen molar-refractivity contribution >= 4 is 0 Å². The topological polar surface area (TPSA) is 30.5 Å². The fourth-order valence-corrected chi connectivity index (χ4v) is 2.97. The molecule has 114 valence electrons. The van der Waals surface area contributed by atoms with Crippen LogP contribution in [0.3, 0.4) is 0 Å². The molecule has 1 rings (SSSR count). The maximum Gasteiger partial charge on any atom is 0.0878 e. The molecule has 0 aromatic rings. The van der Waals surface area contributed by atoms with Crippen molar-refractivity contribution in [1.29, 1.82) is 0 Å². The Morgan fingerprint density at radius 2 is 1.84 bits per heavy atom. The molecule has 0 amide bonds. The van der Waals surface area contributed by atoms with Crippen molar-refractivity contribution in [3.63, 3.8) is 0 Å². The minimum absolute atomic E-state index is 0.00292. The van der Waals surface area contributed by atoms with Gasteiger partial charge in [0.1, 0.15) is 0 Å². The van der Waals surface area contributed by atoms with Crippen LogP contribution >= 0.6 is 0 Å². The van der Waals surface area contributed by atoms with Crippen LogP contribution in [0.25, 0.3) is 0 Å². The van der Waals surface area contributed by atoms with Crippen molar-refractivity contribution < 1.29 is 9.47 Å². The molecule has 19 heavy (non-hydrogen) atoms. The summed E-state index contributed by atoms with van der Waals surface area (Å²) in [6.45, 7) is 12.5. The zero-order valence-corrected chi connectivity index (χ0v) is 13.3. The van der Waals surface area contributed by atoms with Crippen LogP contribution < -0.4 is 5.32 Å². The third-order valence-corrected chi connectivity index (χ3v) is 4.08. The second-order valence-electron chi connectivity index (χ2n) is 6.09. The molecule has 0 aromatic carbocycles. The fourth-order valence-electron chi connectivity index (χ4n) is 2.97. The molecular formula is C16H33NO2. The highest BCUT2D eigenvalue weighted by molar-refractivity contribution is 4.95. The average molecular weight is 271 g/mol. The number of hydrogen-bond acceptors (Lipinski definition) is 3. The predicted octanol–water partition coefficient (Wildman–Crippen LogP) is 3.38. The van der Waals surface area contributed by atoms with Crippen LogP contribution in [0.1, 0.15) is 59.8 Å². The Morgan fingerprint density at radius 3 is 2.37 bits per heavy atom. The molecular weight excluding hydrogens is 238 g/mol. The lowest BCUT2D eigenvalue weighted by molar-refractivity contribution is -0.128. The molecule has 0 spiro atoms. The third kappa shape index (κ3) is 5.41. The Bertz CT molecular complexity index is 219. The van der Waals surface area contributed by atoms with Crippen LogP contribution in [-0.2, 0) is 9.47 Å². The van der Waals surface area contributed by atoms with Gasteiger partial charge in [-0.15, -0.1) is 0 Å². The van der Waals surface area contributed by atoms with E-state index in [2.05, 4.69) is 33.0 Å². The molecule has 0 saturated carbocycles. The normalized spacial score (nSPS) is 20.7. The van der Waals surface area contributed by atoms with Gasteiger partial charge in [-0.25, -0.2) is 0 Å². The van der Waals surface area contributed by atoms with Crippen LogP contribution in [0, 0.1) is 5.92 Å². The first-order valence-corrected chi connectivity index (χ1v) is 8.09. The molecule has 1 aliphatic rings. The summed E-state index contributed by atoms with van der Waals surface area (Å²) in [5.41, 5.74) is -0.00292. The van der Waals surface area contributed by atoms with Crippen molar-refractivity contribution in [2.45, 2.75) is 71.4 Å². The number of hydrogen-bond donors (Lipinski definition) is 1. The quantitative estimate of drug-likeness (QED) is 0.697. The van der Waals surface area contributed by atoms with Gasteiger partial charge in [-0.1, -0.05) is 20.8 Å². The Balaban J connectivity index is 2.69. The summed E-state index contributed by atoms with van der Waals surface area (Å²) in [6.07, 6.45) is 5.70. The number of rotatable bonds is 9. The molecule has 0 bridgehead atoms. The summed E-state index contributed by atoms with van der Waals surface area (Å²) in [7, 11) is 0. The highest BCUT2D eigenvalue weighted by Gasteiger charge is 2.40. The summed E-state index contributed by atoms with van der Waals surface area (Å²) >= 11 is 0. The van der Waals surface area contributed by atoms with Gasteiger partial charge in [0.2, 0.25) is 0 Å². The highest BCUT2D eigenvalue weighted by atomic mass is 16.5. The second-order valence-corrected chi connectivity index (χ2v) is 6.09. The minimum atomic E-state index is -0.00292. The fraction of sp³-hybridized carbons (Fsp3) is 1.00. The zero-order chi connectivity index (χ0) is 14.1. The standard InChI is InChI=1S/C16H33NO2/c1-5-11-17-15(8-7-14(3)4)16(19-6-2)9-12-18-13-10-16/h14-15,17H,5-13H2,1-4H3. The van der Waals surface area contributed by atoms with E-state index in [0.29, 0.717) is 6.04 Å². The van der Waals surface area contributed by atoms with Crippen LogP contribution in [-0.4, -0.2) is 38.0 Å². The van der Waals surface area contributed by atoms with Crippen molar-refractivity contribution in [3.8, 4) is 0 Å². The lowest BCUT2D eigenvalue weighted by atomic mass is 9.82. The Hall–Kier alpha value is -0.120. The molecule has 1 heterocycles. The van der Waals surface area contributed by atoms with E-state index in [1.54, 1.807) is 0 Å². The summed E-state index contributed by atoms with van der Waals surface area (Å²) in [6, 6.07) is 0.471. The average Bonchev–Trinajstić information content (AvgIpc) is 2.39. The van der Waals surface area contributed by atoms with Crippen LogP contribution in [0.4, 0.5) is 0 Å². The molecule has 1 unspecified atom stereocenters. The minimum Gasteiger partial charge on any atom is -0.381 e. The summed E-state index contributed by atoms with van der Waals surface area (Å²) in [5.74, 6) is 0.754. The van der Waals surface area contributed by atoms with Gasteiger partial charge < -0.3 is 14.8 Å². The van der Waals surface area contributed by atoms with E-state index < -0.39 is 0 Å². The van der Waals surface area contributed by atoms with E-state index in [-0.39, 0.29) is 5.60 Å². The first-order chi connectivity index (χ1) is 9.14. The van der Waals surface area contributed by atoms with Gasteiger partial charge in [-0.2, -0.15) is 0 Å². The van der Waals surface area contributed by atoms with Crippen molar-refractivity contribution in [3.05, 3.63) is 0 Å².